The van der Waals surface area contributed by atoms with Crippen LogP contribution in [0.25, 0.3) is 0 Å². The number of pyridine rings is 1. The van der Waals surface area contributed by atoms with Crippen LogP contribution >= 0.6 is 0 Å². The predicted molar refractivity (Wildman–Crippen MR) is 109 cm³/mol. The third-order valence-electron chi connectivity index (χ3n) is 5.17. The minimum absolute atomic E-state index is 0.0421. The van der Waals surface area contributed by atoms with E-state index in [4.69, 9.17) is 10.8 Å². The van der Waals surface area contributed by atoms with E-state index < -0.39 is 59.9 Å². The number of carbonyl (C=O) groups is 1. The van der Waals surface area contributed by atoms with Gasteiger partial charge in [0.25, 0.3) is 11.8 Å². The van der Waals surface area contributed by atoms with Crippen LogP contribution in [0.2, 0.25) is 0 Å². The van der Waals surface area contributed by atoms with Crippen molar-refractivity contribution in [1.82, 2.24) is 19.9 Å². The van der Waals surface area contributed by atoms with E-state index in [2.05, 4.69) is 20.3 Å². The van der Waals surface area contributed by atoms with Crippen molar-refractivity contribution in [1.29, 1.82) is 10.8 Å². The van der Waals surface area contributed by atoms with Crippen LogP contribution in [0.3, 0.4) is 0 Å². The van der Waals surface area contributed by atoms with Gasteiger partial charge in [-0.05, 0) is 18.1 Å². The minimum Gasteiger partial charge on any atom is -0.352 e. The Kier molecular flexibility index (Phi) is 6.70. The molecule has 8 nitrogen and oxygen atoms in total. The number of carbonyl (C=O) groups excluding carboxylic acids is 1. The number of anilines is 1. The standard InChI is InChI=1S/C20H20F5N7O/c1-11-6-19(21,22)10-32(17(33)16(27)15(26)13-4-2-3-5-28-13)14(11)9-31-18-29-7-12(8-30-18)20(23,24)25/h2-5,7-8,11,14,26-27H,6,9-10H2,1H3,(H,29,30,31)/t11-,14?/m1/s1. The maximum atomic E-state index is 14.3. The summed E-state index contributed by atoms with van der Waals surface area (Å²) in [6, 6.07) is 3.71. The molecule has 0 radical (unpaired) electrons. The molecule has 13 heteroatoms. The zero-order valence-corrected chi connectivity index (χ0v) is 17.3. The zero-order valence-electron chi connectivity index (χ0n) is 17.3. The molecule has 33 heavy (non-hydrogen) atoms. The van der Waals surface area contributed by atoms with Gasteiger partial charge in [0.05, 0.1) is 23.8 Å². The largest absolute Gasteiger partial charge is 0.419 e. The Morgan fingerprint density at radius 3 is 2.45 bits per heavy atom. The average molecular weight is 469 g/mol. The summed E-state index contributed by atoms with van der Waals surface area (Å²) in [4.78, 5) is 24.8. The Morgan fingerprint density at radius 2 is 1.88 bits per heavy atom. The topological polar surface area (TPSA) is 119 Å². The fraction of sp³-hybridized carbons (Fsp3) is 0.400. The fourth-order valence-corrected chi connectivity index (χ4v) is 3.53. The van der Waals surface area contributed by atoms with E-state index in [0.717, 1.165) is 4.90 Å². The lowest BCUT2D eigenvalue weighted by molar-refractivity contribution is -0.145. The number of alkyl halides is 5. The highest BCUT2D eigenvalue weighted by atomic mass is 19.4. The minimum atomic E-state index is -4.61. The summed E-state index contributed by atoms with van der Waals surface area (Å²) in [5.41, 5.74) is -2.31. The Bertz CT molecular complexity index is 1030. The summed E-state index contributed by atoms with van der Waals surface area (Å²) in [5, 5.41) is 18.8. The first-order chi connectivity index (χ1) is 15.4. The lowest BCUT2D eigenvalue weighted by Crippen LogP contribution is -2.59. The molecule has 1 fully saturated rings. The van der Waals surface area contributed by atoms with Crippen molar-refractivity contribution in [3.05, 3.63) is 48.0 Å². The molecule has 0 bridgehead atoms. The summed E-state index contributed by atoms with van der Waals surface area (Å²) in [6.45, 7) is 0.397. The van der Waals surface area contributed by atoms with Crippen molar-refractivity contribution in [2.45, 2.75) is 31.5 Å². The van der Waals surface area contributed by atoms with Crippen LogP contribution in [0.15, 0.2) is 36.8 Å². The lowest BCUT2D eigenvalue weighted by atomic mass is 9.87. The van der Waals surface area contributed by atoms with Gasteiger partial charge >= 0.3 is 6.18 Å². The molecule has 176 valence electrons. The van der Waals surface area contributed by atoms with Crippen LogP contribution in [0.4, 0.5) is 27.9 Å². The zero-order chi connectivity index (χ0) is 24.4. The molecule has 0 aliphatic carbocycles. The first-order valence-electron chi connectivity index (χ1n) is 9.80. The van der Waals surface area contributed by atoms with Crippen molar-refractivity contribution in [3.8, 4) is 0 Å². The maximum absolute atomic E-state index is 14.3. The SMILES string of the molecule is C[C@@H]1CC(F)(F)CN(C(=O)C(=N)C(=N)c2ccccn2)C1CNc1ncc(C(F)(F)F)cn1. The normalized spacial score (nSPS) is 20.2. The molecule has 0 aromatic carbocycles. The predicted octanol–water partition coefficient (Wildman–Crippen LogP) is 3.26. The number of halogens is 5. The lowest BCUT2D eigenvalue weighted by Gasteiger charge is -2.43. The molecule has 3 N–H and O–H groups in total. The summed E-state index contributed by atoms with van der Waals surface area (Å²) < 4.78 is 66.5. The van der Waals surface area contributed by atoms with Crippen molar-refractivity contribution >= 4 is 23.3 Å². The highest BCUT2D eigenvalue weighted by Crippen LogP contribution is 2.34. The average Bonchev–Trinajstić information content (AvgIpc) is 2.76. The van der Waals surface area contributed by atoms with Crippen LogP contribution < -0.4 is 5.32 Å². The number of likely N-dealkylation sites (tertiary alicyclic amines) is 1. The quantitative estimate of drug-likeness (QED) is 0.443. The van der Waals surface area contributed by atoms with Gasteiger partial charge in [0.1, 0.15) is 11.4 Å². The molecule has 1 aliphatic rings. The van der Waals surface area contributed by atoms with E-state index in [1.54, 1.807) is 12.1 Å². The molecule has 2 aromatic rings. The number of nitrogens with one attached hydrogen (secondary N) is 3. The third kappa shape index (κ3) is 5.65. The van der Waals surface area contributed by atoms with E-state index in [-0.39, 0.29) is 18.2 Å². The first kappa shape index (κ1) is 24.1. The number of hydrogen-bond donors (Lipinski definition) is 3. The summed E-state index contributed by atoms with van der Waals surface area (Å²) in [6.07, 6.45) is -2.59. The van der Waals surface area contributed by atoms with Gasteiger partial charge in [0, 0.05) is 31.6 Å². The number of hydrogen-bond acceptors (Lipinski definition) is 7. The highest BCUT2D eigenvalue weighted by molar-refractivity contribution is 6.68. The number of piperidine rings is 1. The van der Waals surface area contributed by atoms with Crippen molar-refractivity contribution < 1.29 is 26.7 Å². The van der Waals surface area contributed by atoms with Crippen LogP contribution in [0, 0.1) is 16.7 Å². The second kappa shape index (κ2) is 9.16. The Balaban J connectivity index is 1.77. The smallest absolute Gasteiger partial charge is 0.352 e. The van der Waals surface area contributed by atoms with Crippen LogP contribution in [0.5, 0.6) is 0 Å². The van der Waals surface area contributed by atoms with Gasteiger partial charge < -0.3 is 10.2 Å². The van der Waals surface area contributed by atoms with Crippen molar-refractivity contribution in [2.24, 2.45) is 5.92 Å². The summed E-state index contributed by atoms with van der Waals surface area (Å²) in [5.74, 6) is -5.17. The van der Waals surface area contributed by atoms with Gasteiger partial charge in [-0.3, -0.25) is 20.6 Å². The molecule has 1 saturated heterocycles. The van der Waals surface area contributed by atoms with E-state index in [1.165, 1.54) is 19.2 Å². The number of aromatic nitrogens is 3. The van der Waals surface area contributed by atoms with E-state index in [9.17, 15) is 26.7 Å². The molecule has 1 aliphatic heterocycles. The highest BCUT2D eigenvalue weighted by Gasteiger charge is 2.47. The maximum Gasteiger partial charge on any atom is 0.419 e. The van der Waals surface area contributed by atoms with Gasteiger partial charge in [-0.1, -0.05) is 13.0 Å². The van der Waals surface area contributed by atoms with Crippen molar-refractivity contribution in [3.63, 3.8) is 0 Å². The van der Waals surface area contributed by atoms with Crippen LogP contribution in [0.1, 0.15) is 24.6 Å². The molecule has 1 amide bonds. The fourth-order valence-electron chi connectivity index (χ4n) is 3.53. The monoisotopic (exact) mass is 469 g/mol. The molecule has 1 unspecified atom stereocenters. The summed E-state index contributed by atoms with van der Waals surface area (Å²) in [7, 11) is 0. The van der Waals surface area contributed by atoms with Gasteiger partial charge in [0.15, 0.2) is 0 Å². The molecule has 2 atom stereocenters. The molecule has 3 heterocycles. The number of nitrogens with zero attached hydrogens (tertiary/aromatic N) is 4. The van der Waals surface area contributed by atoms with Crippen LogP contribution in [-0.4, -0.2) is 62.2 Å². The summed E-state index contributed by atoms with van der Waals surface area (Å²) >= 11 is 0. The van der Waals surface area contributed by atoms with Gasteiger partial charge in [-0.2, -0.15) is 13.2 Å². The van der Waals surface area contributed by atoms with Crippen LogP contribution in [-0.2, 0) is 11.0 Å². The number of rotatable bonds is 6. The molecular formula is C20H20F5N7O. The molecule has 2 aromatic heterocycles. The van der Waals surface area contributed by atoms with E-state index in [1.807, 2.05) is 0 Å². The Morgan fingerprint density at radius 1 is 1.21 bits per heavy atom. The second-order valence-corrected chi connectivity index (χ2v) is 7.68. The van der Waals surface area contributed by atoms with E-state index in [0.29, 0.717) is 12.4 Å². The molecule has 0 saturated carbocycles. The first-order valence-corrected chi connectivity index (χ1v) is 9.80. The Labute approximate surface area is 185 Å². The molecule has 3 rings (SSSR count). The van der Waals surface area contributed by atoms with Gasteiger partial charge in [-0.15, -0.1) is 0 Å². The van der Waals surface area contributed by atoms with Crippen molar-refractivity contribution in [2.75, 3.05) is 18.4 Å². The Hall–Kier alpha value is -3.51. The second-order valence-electron chi connectivity index (χ2n) is 7.68. The van der Waals surface area contributed by atoms with E-state index >= 15 is 0 Å². The molecule has 0 spiro atoms. The van der Waals surface area contributed by atoms with Gasteiger partial charge in [0.2, 0.25) is 5.95 Å². The third-order valence-corrected chi connectivity index (χ3v) is 5.17. The van der Waals surface area contributed by atoms with Gasteiger partial charge in [-0.25, -0.2) is 18.7 Å². The molecular weight excluding hydrogens is 449 g/mol. The number of amides is 1.